The molecule has 0 spiro atoms. The van der Waals surface area contributed by atoms with Gasteiger partial charge < -0.3 is 4.90 Å². The molecule has 0 radical (unpaired) electrons. The number of nitro groups is 1. The molecular weight excluding hydrogens is 258 g/mol. The number of carbonyl (C=O) groups is 1. The molecule has 1 unspecified atom stereocenters. The van der Waals surface area contributed by atoms with Crippen molar-refractivity contribution in [3.8, 4) is 6.07 Å². The van der Waals surface area contributed by atoms with Gasteiger partial charge in [-0.2, -0.15) is 5.26 Å². The summed E-state index contributed by atoms with van der Waals surface area (Å²) in [6.07, 6.45) is 0. The van der Waals surface area contributed by atoms with E-state index < -0.39 is 16.9 Å². The van der Waals surface area contributed by atoms with Crippen molar-refractivity contribution in [2.75, 3.05) is 7.05 Å². The molecule has 1 atom stereocenters. The van der Waals surface area contributed by atoms with Crippen molar-refractivity contribution in [1.82, 2.24) is 4.90 Å². The predicted molar refractivity (Wildman–Crippen MR) is 65.3 cm³/mol. The summed E-state index contributed by atoms with van der Waals surface area (Å²) in [5, 5.41) is 19.6. The predicted octanol–water partition coefficient (Wildman–Crippen LogP) is 2.23. The Kier molecular flexibility index (Phi) is 4.23. The number of halogens is 1. The van der Waals surface area contributed by atoms with Gasteiger partial charge in [-0.1, -0.05) is 17.7 Å². The van der Waals surface area contributed by atoms with Crippen LogP contribution in [0, 0.1) is 21.4 Å². The Morgan fingerprint density at radius 2 is 2.22 bits per heavy atom. The number of rotatable bonds is 3. The molecular formula is C11H10ClN3O3. The fourth-order valence-electron chi connectivity index (χ4n) is 1.32. The molecule has 0 N–H and O–H groups in total. The summed E-state index contributed by atoms with van der Waals surface area (Å²) in [5.74, 6) is -0.652. The molecule has 1 aromatic carbocycles. The van der Waals surface area contributed by atoms with Crippen molar-refractivity contribution in [3.05, 3.63) is 38.9 Å². The molecule has 18 heavy (non-hydrogen) atoms. The maximum Gasteiger partial charge on any atom is 0.283 e. The van der Waals surface area contributed by atoms with Crippen LogP contribution in [0.4, 0.5) is 5.69 Å². The number of nitrogens with zero attached hydrogens (tertiary/aromatic N) is 3. The van der Waals surface area contributed by atoms with E-state index in [-0.39, 0.29) is 16.3 Å². The molecule has 0 aliphatic rings. The molecule has 0 saturated heterocycles. The van der Waals surface area contributed by atoms with Crippen LogP contribution in [0.1, 0.15) is 17.3 Å². The van der Waals surface area contributed by atoms with Crippen LogP contribution < -0.4 is 0 Å². The van der Waals surface area contributed by atoms with E-state index in [0.717, 1.165) is 4.90 Å². The molecule has 0 aliphatic carbocycles. The van der Waals surface area contributed by atoms with Crippen molar-refractivity contribution in [2.45, 2.75) is 13.0 Å². The Balaban J connectivity index is 3.29. The lowest BCUT2D eigenvalue weighted by Gasteiger charge is -2.19. The first kappa shape index (κ1) is 13.9. The fraction of sp³-hybridized carbons (Fsp3) is 0.273. The van der Waals surface area contributed by atoms with Crippen molar-refractivity contribution in [1.29, 1.82) is 5.26 Å². The largest absolute Gasteiger partial charge is 0.326 e. The summed E-state index contributed by atoms with van der Waals surface area (Å²) in [6.45, 7) is 1.51. The van der Waals surface area contributed by atoms with Gasteiger partial charge in [-0.15, -0.1) is 0 Å². The van der Waals surface area contributed by atoms with E-state index >= 15 is 0 Å². The van der Waals surface area contributed by atoms with Crippen LogP contribution in [0.25, 0.3) is 0 Å². The summed E-state index contributed by atoms with van der Waals surface area (Å²) < 4.78 is 0. The third-order valence-corrected chi connectivity index (χ3v) is 2.81. The van der Waals surface area contributed by atoms with Crippen molar-refractivity contribution < 1.29 is 9.72 Å². The highest BCUT2D eigenvalue weighted by molar-refractivity contribution is 6.34. The van der Waals surface area contributed by atoms with E-state index in [1.54, 1.807) is 0 Å². The Bertz CT molecular complexity index is 539. The van der Waals surface area contributed by atoms with Gasteiger partial charge in [-0.3, -0.25) is 14.9 Å². The summed E-state index contributed by atoms with van der Waals surface area (Å²) in [4.78, 5) is 23.4. The van der Waals surface area contributed by atoms with E-state index in [9.17, 15) is 14.9 Å². The Morgan fingerprint density at radius 3 is 2.72 bits per heavy atom. The lowest BCUT2D eigenvalue weighted by Crippen LogP contribution is -2.34. The second-order valence-corrected chi connectivity index (χ2v) is 4.02. The van der Waals surface area contributed by atoms with Gasteiger partial charge in [-0.05, 0) is 13.0 Å². The van der Waals surface area contributed by atoms with Crippen molar-refractivity contribution in [3.63, 3.8) is 0 Å². The molecule has 0 aromatic heterocycles. The van der Waals surface area contributed by atoms with Crippen LogP contribution in [-0.2, 0) is 0 Å². The molecule has 1 rings (SSSR count). The van der Waals surface area contributed by atoms with Crippen molar-refractivity contribution >= 4 is 23.2 Å². The van der Waals surface area contributed by atoms with Crippen LogP contribution in [0.15, 0.2) is 18.2 Å². The van der Waals surface area contributed by atoms with E-state index in [1.807, 2.05) is 6.07 Å². The van der Waals surface area contributed by atoms with E-state index in [4.69, 9.17) is 16.9 Å². The third kappa shape index (κ3) is 2.57. The van der Waals surface area contributed by atoms with E-state index in [1.165, 1.54) is 32.2 Å². The maximum absolute atomic E-state index is 12.1. The Morgan fingerprint density at radius 1 is 1.61 bits per heavy atom. The standard InChI is InChI=1S/C11H10ClN3O3/c1-7(6-13)14(2)11(16)10-8(12)4-3-5-9(10)15(17)18/h3-5,7H,1-2H3. The highest BCUT2D eigenvalue weighted by atomic mass is 35.5. The lowest BCUT2D eigenvalue weighted by atomic mass is 10.1. The maximum atomic E-state index is 12.1. The van der Waals surface area contributed by atoms with Crippen LogP contribution in [0.2, 0.25) is 5.02 Å². The van der Waals surface area contributed by atoms with Gasteiger partial charge >= 0.3 is 0 Å². The second kappa shape index (κ2) is 5.47. The van der Waals surface area contributed by atoms with Gasteiger partial charge in [0.15, 0.2) is 0 Å². The minimum absolute atomic E-state index is 0.00816. The van der Waals surface area contributed by atoms with Crippen LogP contribution in [0.5, 0.6) is 0 Å². The number of benzene rings is 1. The zero-order chi connectivity index (χ0) is 13.9. The number of carbonyl (C=O) groups excluding carboxylic acids is 1. The molecule has 1 aromatic rings. The zero-order valence-corrected chi connectivity index (χ0v) is 10.5. The number of hydrogen-bond acceptors (Lipinski definition) is 4. The van der Waals surface area contributed by atoms with Crippen LogP contribution >= 0.6 is 11.6 Å². The monoisotopic (exact) mass is 267 g/mol. The SMILES string of the molecule is CC(C#N)N(C)C(=O)c1c(Cl)cccc1[N+](=O)[O-]. The molecule has 0 fully saturated rings. The summed E-state index contributed by atoms with van der Waals surface area (Å²) in [6, 6.07) is 5.16. The van der Waals surface area contributed by atoms with Crippen molar-refractivity contribution in [2.24, 2.45) is 0 Å². The first-order valence-electron chi connectivity index (χ1n) is 4.99. The first-order chi connectivity index (χ1) is 8.40. The smallest absolute Gasteiger partial charge is 0.283 e. The fourth-order valence-corrected chi connectivity index (χ4v) is 1.57. The summed E-state index contributed by atoms with van der Waals surface area (Å²) in [5.41, 5.74) is -0.571. The van der Waals surface area contributed by atoms with Gasteiger partial charge in [0.2, 0.25) is 0 Å². The second-order valence-electron chi connectivity index (χ2n) is 3.61. The van der Waals surface area contributed by atoms with E-state index in [0.29, 0.717) is 0 Å². The van der Waals surface area contributed by atoms with Gasteiger partial charge in [0, 0.05) is 13.1 Å². The molecule has 7 heteroatoms. The topological polar surface area (TPSA) is 87.2 Å². The lowest BCUT2D eigenvalue weighted by molar-refractivity contribution is -0.385. The van der Waals surface area contributed by atoms with Gasteiger partial charge in [-0.25, -0.2) is 0 Å². The molecule has 0 saturated carbocycles. The highest BCUT2D eigenvalue weighted by Gasteiger charge is 2.27. The molecule has 0 aliphatic heterocycles. The molecule has 6 nitrogen and oxygen atoms in total. The molecule has 0 heterocycles. The van der Waals surface area contributed by atoms with Crippen LogP contribution in [0.3, 0.4) is 0 Å². The Labute approximate surface area is 109 Å². The van der Waals surface area contributed by atoms with Gasteiger partial charge in [0.05, 0.1) is 16.0 Å². The number of nitriles is 1. The minimum Gasteiger partial charge on any atom is -0.326 e. The number of hydrogen-bond donors (Lipinski definition) is 0. The highest BCUT2D eigenvalue weighted by Crippen LogP contribution is 2.27. The average molecular weight is 268 g/mol. The molecule has 1 amide bonds. The summed E-state index contributed by atoms with van der Waals surface area (Å²) >= 11 is 5.83. The Hall–Kier alpha value is -2.13. The minimum atomic E-state index is -0.701. The van der Waals surface area contributed by atoms with Crippen LogP contribution in [-0.4, -0.2) is 28.8 Å². The first-order valence-corrected chi connectivity index (χ1v) is 5.37. The van der Waals surface area contributed by atoms with Gasteiger partial charge in [0.25, 0.3) is 11.6 Å². The molecule has 94 valence electrons. The average Bonchev–Trinajstić information content (AvgIpc) is 2.35. The number of amides is 1. The molecule has 0 bridgehead atoms. The van der Waals surface area contributed by atoms with Gasteiger partial charge in [0.1, 0.15) is 11.6 Å². The number of nitro benzene ring substituents is 1. The normalized spacial score (nSPS) is 11.4. The quantitative estimate of drug-likeness (QED) is 0.620. The van der Waals surface area contributed by atoms with E-state index in [2.05, 4.69) is 0 Å². The summed E-state index contributed by atoms with van der Waals surface area (Å²) in [7, 11) is 1.39. The zero-order valence-electron chi connectivity index (χ0n) is 9.75. The third-order valence-electron chi connectivity index (χ3n) is 2.49.